The smallest absolute Gasteiger partial charge is 0.299 e. The molecule has 1 heterocycles. The van der Waals surface area contributed by atoms with E-state index in [0.717, 1.165) is 47.2 Å². The zero-order chi connectivity index (χ0) is 15.7. The van der Waals surface area contributed by atoms with Gasteiger partial charge in [0.25, 0.3) is 0 Å². The summed E-state index contributed by atoms with van der Waals surface area (Å²) in [6.07, 6.45) is 5.14. The molecule has 22 heavy (non-hydrogen) atoms. The highest BCUT2D eigenvalue weighted by Crippen LogP contribution is 2.24. The second-order valence-corrected chi connectivity index (χ2v) is 8.41. The molecule has 1 fully saturated rings. The van der Waals surface area contributed by atoms with Crippen molar-refractivity contribution in [1.82, 2.24) is 9.29 Å². The summed E-state index contributed by atoms with van der Waals surface area (Å²) >= 11 is 1.09. The van der Waals surface area contributed by atoms with E-state index in [0.29, 0.717) is 6.54 Å². The topological polar surface area (TPSA) is 68.2 Å². The molecular weight excluding hydrogens is 320 g/mol. The van der Waals surface area contributed by atoms with Crippen molar-refractivity contribution in [2.24, 2.45) is 0 Å². The van der Waals surface area contributed by atoms with Gasteiger partial charge >= 0.3 is 4.87 Å². The van der Waals surface area contributed by atoms with Gasteiger partial charge in [-0.05, 0) is 38.0 Å². The molecule has 1 N–H and O–H groups in total. The minimum absolute atomic E-state index is 0.0356. The van der Waals surface area contributed by atoms with Crippen molar-refractivity contribution in [3.63, 3.8) is 0 Å². The van der Waals surface area contributed by atoms with Gasteiger partial charge < -0.3 is 0 Å². The van der Waals surface area contributed by atoms with Crippen molar-refractivity contribution in [2.45, 2.75) is 56.5 Å². The molecular formula is C15H20N2O3S2. The maximum atomic E-state index is 12.5. The van der Waals surface area contributed by atoms with Crippen LogP contribution in [0.4, 0.5) is 0 Å². The lowest BCUT2D eigenvalue weighted by atomic mass is 9.96. The molecule has 0 aliphatic heterocycles. The Labute approximate surface area is 134 Å². The van der Waals surface area contributed by atoms with Crippen LogP contribution in [0.5, 0.6) is 0 Å². The fourth-order valence-electron chi connectivity index (χ4n) is 3.02. The predicted octanol–water partition coefficient (Wildman–Crippen LogP) is 2.69. The molecule has 1 aliphatic carbocycles. The number of hydrogen-bond acceptors (Lipinski definition) is 4. The average molecular weight is 340 g/mol. The normalized spacial score (nSPS) is 17.1. The minimum Gasteiger partial charge on any atom is -0.299 e. The molecule has 1 saturated carbocycles. The molecule has 0 unspecified atom stereocenters. The van der Waals surface area contributed by atoms with Gasteiger partial charge in [0.2, 0.25) is 10.0 Å². The molecule has 2 aromatic rings. The van der Waals surface area contributed by atoms with Gasteiger partial charge in [-0.1, -0.05) is 30.6 Å². The third-order valence-corrected chi connectivity index (χ3v) is 6.65. The lowest BCUT2D eigenvalue weighted by Crippen LogP contribution is -2.36. The number of fused-ring (bicyclic) bond motifs is 1. The number of rotatable bonds is 4. The van der Waals surface area contributed by atoms with Crippen LogP contribution in [0.2, 0.25) is 0 Å². The molecule has 3 rings (SSSR count). The molecule has 1 aromatic heterocycles. The average Bonchev–Trinajstić information content (AvgIpc) is 2.82. The Morgan fingerprint density at radius 2 is 2.00 bits per heavy atom. The van der Waals surface area contributed by atoms with Gasteiger partial charge in [0.1, 0.15) is 0 Å². The number of sulfonamides is 1. The van der Waals surface area contributed by atoms with Crippen LogP contribution in [0, 0.1) is 0 Å². The first-order valence-corrected chi connectivity index (χ1v) is 9.97. The van der Waals surface area contributed by atoms with Gasteiger partial charge in [-0.3, -0.25) is 9.36 Å². The number of thiazole rings is 1. The number of benzene rings is 1. The number of nitrogens with zero attached hydrogens (tertiary/aromatic N) is 1. The van der Waals surface area contributed by atoms with E-state index in [4.69, 9.17) is 0 Å². The molecule has 1 aliphatic rings. The number of aryl methyl sites for hydroxylation is 1. The Bertz CT molecular complexity index is 830. The third-order valence-electron chi connectivity index (χ3n) is 4.19. The Balaban J connectivity index is 1.93. The van der Waals surface area contributed by atoms with Crippen LogP contribution in [-0.4, -0.2) is 19.0 Å². The summed E-state index contributed by atoms with van der Waals surface area (Å²) in [5.74, 6) is 0. The summed E-state index contributed by atoms with van der Waals surface area (Å²) in [6.45, 7) is 2.49. The molecule has 0 radical (unpaired) electrons. The maximum absolute atomic E-state index is 12.5. The van der Waals surface area contributed by atoms with E-state index >= 15 is 0 Å². The van der Waals surface area contributed by atoms with E-state index in [1.54, 1.807) is 22.8 Å². The van der Waals surface area contributed by atoms with Crippen LogP contribution >= 0.6 is 11.3 Å². The van der Waals surface area contributed by atoms with Gasteiger partial charge in [-0.25, -0.2) is 13.1 Å². The summed E-state index contributed by atoms with van der Waals surface area (Å²) < 4.78 is 30.2. The summed E-state index contributed by atoms with van der Waals surface area (Å²) in [4.78, 5) is 12.1. The Morgan fingerprint density at radius 3 is 2.68 bits per heavy atom. The van der Waals surface area contributed by atoms with Crippen molar-refractivity contribution in [3.05, 3.63) is 27.9 Å². The van der Waals surface area contributed by atoms with Crippen LogP contribution in [0.1, 0.15) is 39.0 Å². The van der Waals surface area contributed by atoms with E-state index in [1.807, 2.05) is 6.92 Å². The molecule has 5 nitrogen and oxygen atoms in total. The lowest BCUT2D eigenvalue weighted by molar-refractivity contribution is 0.412. The maximum Gasteiger partial charge on any atom is 0.308 e. The molecule has 0 spiro atoms. The summed E-state index contributed by atoms with van der Waals surface area (Å²) in [5, 5.41) is 0. The largest absolute Gasteiger partial charge is 0.308 e. The quantitative estimate of drug-likeness (QED) is 0.930. The first-order valence-electron chi connectivity index (χ1n) is 7.67. The standard InChI is InChI=1S/C15H20N2O3S2/c1-2-17-13-9-8-12(10-14(13)21-15(17)18)22(19,20)16-11-6-4-3-5-7-11/h8-11,16H,2-7H2,1H3. The van der Waals surface area contributed by atoms with E-state index < -0.39 is 10.0 Å². The van der Waals surface area contributed by atoms with Crippen LogP contribution < -0.4 is 9.60 Å². The molecule has 0 bridgehead atoms. The first kappa shape index (κ1) is 15.7. The lowest BCUT2D eigenvalue weighted by Gasteiger charge is -2.22. The number of aromatic nitrogens is 1. The predicted molar refractivity (Wildman–Crippen MR) is 89.0 cm³/mol. The molecule has 0 atom stereocenters. The van der Waals surface area contributed by atoms with E-state index in [1.165, 1.54) is 6.42 Å². The minimum atomic E-state index is -3.52. The van der Waals surface area contributed by atoms with Crippen LogP contribution in [0.15, 0.2) is 27.9 Å². The zero-order valence-corrected chi connectivity index (χ0v) is 14.2. The van der Waals surface area contributed by atoms with E-state index in [9.17, 15) is 13.2 Å². The van der Waals surface area contributed by atoms with Crippen LogP contribution in [0.3, 0.4) is 0 Å². The van der Waals surface area contributed by atoms with E-state index in [2.05, 4.69) is 4.72 Å². The number of nitrogens with one attached hydrogen (secondary N) is 1. The monoisotopic (exact) mass is 340 g/mol. The number of hydrogen-bond donors (Lipinski definition) is 1. The molecule has 0 amide bonds. The third kappa shape index (κ3) is 2.98. The van der Waals surface area contributed by atoms with Gasteiger partial charge in [0, 0.05) is 12.6 Å². The van der Waals surface area contributed by atoms with Crippen LogP contribution in [0.25, 0.3) is 10.2 Å². The van der Waals surface area contributed by atoms with Crippen molar-refractivity contribution >= 4 is 31.6 Å². The first-order chi connectivity index (χ1) is 10.5. The second-order valence-electron chi connectivity index (χ2n) is 5.70. The van der Waals surface area contributed by atoms with Crippen molar-refractivity contribution in [3.8, 4) is 0 Å². The Hall–Kier alpha value is -1.18. The van der Waals surface area contributed by atoms with Crippen molar-refractivity contribution in [1.29, 1.82) is 0 Å². The van der Waals surface area contributed by atoms with Crippen molar-refractivity contribution < 1.29 is 8.42 Å². The van der Waals surface area contributed by atoms with Crippen molar-refractivity contribution in [2.75, 3.05) is 0 Å². The second kappa shape index (κ2) is 6.14. The fraction of sp³-hybridized carbons (Fsp3) is 0.533. The zero-order valence-electron chi connectivity index (χ0n) is 12.5. The highest BCUT2D eigenvalue weighted by atomic mass is 32.2. The molecule has 120 valence electrons. The highest BCUT2D eigenvalue weighted by molar-refractivity contribution is 7.89. The van der Waals surface area contributed by atoms with Gasteiger partial charge in [-0.2, -0.15) is 0 Å². The highest BCUT2D eigenvalue weighted by Gasteiger charge is 2.22. The molecule has 7 heteroatoms. The molecule has 1 aromatic carbocycles. The van der Waals surface area contributed by atoms with E-state index in [-0.39, 0.29) is 15.8 Å². The summed E-state index contributed by atoms with van der Waals surface area (Å²) in [7, 11) is -3.52. The Morgan fingerprint density at radius 1 is 1.27 bits per heavy atom. The summed E-state index contributed by atoms with van der Waals surface area (Å²) in [6, 6.07) is 4.96. The van der Waals surface area contributed by atoms with Gasteiger partial charge in [-0.15, -0.1) is 0 Å². The van der Waals surface area contributed by atoms with Gasteiger partial charge in [0.15, 0.2) is 0 Å². The fourth-order valence-corrected chi connectivity index (χ4v) is 5.42. The Kier molecular flexibility index (Phi) is 4.38. The van der Waals surface area contributed by atoms with Crippen LogP contribution in [-0.2, 0) is 16.6 Å². The summed E-state index contributed by atoms with van der Waals surface area (Å²) in [5.41, 5.74) is 0.800. The SMILES string of the molecule is CCn1c(=O)sc2cc(S(=O)(=O)NC3CCCCC3)ccc21. The van der Waals surface area contributed by atoms with Gasteiger partial charge in [0.05, 0.1) is 15.1 Å². The molecule has 0 saturated heterocycles.